The highest BCUT2D eigenvalue weighted by Crippen LogP contribution is 2.38. The van der Waals surface area contributed by atoms with Gasteiger partial charge in [-0.2, -0.15) is 0 Å². The maximum Gasteiger partial charge on any atom is 0.251 e. The minimum Gasteiger partial charge on any atom is -0.493 e. The average molecular weight is 474 g/mol. The number of hydrogen-bond acceptors (Lipinski definition) is 5. The van der Waals surface area contributed by atoms with Crippen LogP contribution in [0.1, 0.15) is 33.7 Å². The van der Waals surface area contributed by atoms with Crippen LogP contribution >= 0.6 is 0 Å². The van der Waals surface area contributed by atoms with Crippen LogP contribution in [0.4, 0.5) is 0 Å². The van der Waals surface area contributed by atoms with Crippen LogP contribution in [0, 0.1) is 6.92 Å². The first-order valence-corrected chi connectivity index (χ1v) is 11.6. The highest BCUT2D eigenvalue weighted by atomic mass is 16.5. The second-order valence-corrected chi connectivity index (χ2v) is 8.37. The Labute approximate surface area is 205 Å². The van der Waals surface area contributed by atoms with E-state index in [2.05, 4.69) is 47.1 Å². The van der Waals surface area contributed by atoms with Gasteiger partial charge in [0.15, 0.2) is 11.5 Å². The fourth-order valence-corrected chi connectivity index (χ4v) is 4.25. The van der Waals surface area contributed by atoms with Crippen molar-refractivity contribution in [1.29, 1.82) is 0 Å². The topological polar surface area (TPSA) is 74.6 Å². The number of aryl methyl sites for hydroxylation is 2. The fraction of sp³-hybridized carbons (Fsp3) is 0.286. The molecule has 0 aliphatic rings. The molecule has 0 aliphatic heterocycles. The van der Waals surface area contributed by atoms with Gasteiger partial charge in [-0.3, -0.25) is 4.79 Å². The summed E-state index contributed by atoms with van der Waals surface area (Å²) in [6.45, 7) is 3.38. The normalized spacial score (nSPS) is 10.9. The molecule has 0 spiro atoms. The number of carbonyl (C=O) groups is 1. The van der Waals surface area contributed by atoms with E-state index < -0.39 is 0 Å². The molecule has 0 bridgehead atoms. The first-order chi connectivity index (χ1) is 17.0. The lowest BCUT2D eigenvalue weighted by Crippen LogP contribution is -2.25. The number of benzene rings is 3. The highest BCUT2D eigenvalue weighted by Gasteiger charge is 2.17. The molecule has 0 aliphatic carbocycles. The van der Waals surface area contributed by atoms with E-state index in [0.717, 1.165) is 36.2 Å². The minimum absolute atomic E-state index is 0.197. The Bertz CT molecular complexity index is 1300. The van der Waals surface area contributed by atoms with Crippen molar-refractivity contribution >= 4 is 16.9 Å². The third-order valence-electron chi connectivity index (χ3n) is 5.95. The van der Waals surface area contributed by atoms with Gasteiger partial charge in [0.1, 0.15) is 5.82 Å². The van der Waals surface area contributed by atoms with Gasteiger partial charge in [-0.05, 0) is 43.2 Å². The van der Waals surface area contributed by atoms with Gasteiger partial charge in [-0.25, -0.2) is 4.98 Å². The molecule has 1 amide bonds. The summed E-state index contributed by atoms with van der Waals surface area (Å²) in [7, 11) is 4.59. The molecule has 1 aromatic heterocycles. The summed E-state index contributed by atoms with van der Waals surface area (Å²) in [5, 5.41) is 2.99. The number of amides is 1. The van der Waals surface area contributed by atoms with Crippen molar-refractivity contribution in [2.75, 3.05) is 27.9 Å². The number of methoxy groups -OCH3 is 3. The summed E-state index contributed by atoms with van der Waals surface area (Å²) >= 11 is 0. The molecule has 7 heteroatoms. The van der Waals surface area contributed by atoms with E-state index in [-0.39, 0.29) is 5.91 Å². The van der Waals surface area contributed by atoms with Crippen LogP contribution < -0.4 is 19.5 Å². The molecule has 3 aromatic carbocycles. The predicted octanol–water partition coefficient (Wildman–Crippen LogP) is 4.78. The lowest BCUT2D eigenvalue weighted by Gasteiger charge is -2.14. The van der Waals surface area contributed by atoms with Crippen molar-refractivity contribution in [3.05, 3.63) is 83.2 Å². The molecule has 0 saturated carbocycles. The van der Waals surface area contributed by atoms with Crippen LogP contribution in [0.25, 0.3) is 11.0 Å². The molecule has 4 rings (SSSR count). The van der Waals surface area contributed by atoms with Crippen molar-refractivity contribution in [3.63, 3.8) is 0 Å². The number of nitrogens with one attached hydrogen (secondary N) is 1. The van der Waals surface area contributed by atoms with E-state index in [1.54, 1.807) is 12.1 Å². The lowest BCUT2D eigenvalue weighted by molar-refractivity contribution is 0.0952. The highest BCUT2D eigenvalue weighted by molar-refractivity contribution is 5.95. The number of nitrogens with zero attached hydrogens (tertiary/aromatic N) is 2. The van der Waals surface area contributed by atoms with Crippen molar-refractivity contribution in [2.45, 2.75) is 26.3 Å². The molecule has 35 heavy (non-hydrogen) atoms. The molecule has 7 nitrogen and oxygen atoms in total. The SMILES string of the molecule is COc1cc(C(=O)NCCCc2nc3ccccc3n2Cc2cccc(C)c2)cc(OC)c1OC. The van der Waals surface area contributed by atoms with Crippen LogP contribution in [-0.4, -0.2) is 43.3 Å². The molecule has 0 saturated heterocycles. The van der Waals surface area contributed by atoms with Gasteiger partial charge in [0.25, 0.3) is 5.91 Å². The first kappa shape index (κ1) is 24.1. The third-order valence-corrected chi connectivity index (χ3v) is 5.95. The van der Waals surface area contributed by atoms with Gasteiger partial charge in [0, 0.05) is 25.1 Å². The van der Waals surface area contributed by atoms with Crippen molar-refractivity contribution in [2.24, 2.45) is 0 Å². The molecule has 1 heterocycles. The molecular formula is C28H31N3O4. The number of carbonyl (C=O) groups excluding carboxylic acids is 1. The Hall–Kier alpha value is -4.00. The van der Waals surface area contributed by atoms with Crippen LogP contribution in [0.2, 0.25) is 0 Å². The number of fused-ring (bicyclic) bond motifs is 1. The fourth-order valence-electron chi connectivity index (χ4n) is 4.25. The number of ether oxygens (including phenoxy) is 3. The lowest BCUT2D eigenvalue weighted by atomic mass is 10.1. The molecule has 182 valence electrons. The Morgan fingerprint density at radius 2 is 1.69 bits per heavy atom. The van der Waals surface area contributed by atoms with Crippen LogP contribution in [0.15, 0.2) is 60.7 Å². The zero-order valence-electron chi connectivity index (χ0n) is 20.6. The Kier molecular flexibility index (Phi) is 7.55. The predicted molar refractivity (Wildman–Crippen MR) is 137 cm³/mol. The van der Waals surface area contributed by atoms with Gasteiger partial charge in [0.05, 0.1) is 32.4 Å². The molecular weight excluding hydrogens is 442 g/mol. The van der Waals surface area contributed by atoms with Crippen molar-refractivity contribution in [3.8, 4) is 17.2 Å². The maximum atomic E-state index is 12.8. The van der Waals surface area contributed by atoms with Gasteiger partial charge in [-0.15, -0.1) is 0 Å². The number of imidazole rings is 1. The minimum atomic E-state index is -0.197. The van der Waals surface area contributed by atoms with Gasteiger partial charge in [-0.1, -0.05) is 42.0 Å². The number of rotatable bonds is 10. The smallest absolute Gasteiger partial charge is 0.251 e. The number of para-hydroxylation sites is 2. The Morgan fingerprint density at radius 3 is 2.37 bits per heavy atom. The summed E-state index contributed by atoms with van der Waals surface area (Å²) in [4.78, 5) is 17.7. The van der Waals surface area contributed by atoms with Crippen molar-refractivity contribution < 1.29 is 19.0 Å². The summed E-state index contributed by atoms with van der Waals surface area (Å²) in [6.07, 6.45) is 1.50. The third kappa shape index (κ3) is 5.40. The maximum absolute atomic E-state index is 12.8. The average Bonchev–Trinajstić information content (AvgIpc) is 3.22. The van der Waals surface area contributed by atoms with Crippen LogP contribution in [-0.2, 0) is 13.0 Å². The van der Waals surface area contributed by atoms with Gasteiger partial charge >= 0.3 is 0 Å². The summed E-state index contributed by atoms with van der Waals surface area (Å²) in [5.41, 5.74) is 5.03. The standard InChI is InChI=1S/C28H31N3O4/c1-19-9-7-10-20(15-19)18-31-23-12-6-5-11-22(23)30-26(31)13-8-14-29-28(32)21-16-24(33-2)27(35-4)25(17-21)34-3/h5-7,9-12,15-17H,8,13-14,18H2,1-4H3,(H,29,32). The molecule has 0 fully saturated rings. The van der Waals surface area contributed by atoms with Crippen LogP contribution in [0.5, 0.6) is 17.2 Å². The largest absolute Gasteiger partial charge is 0.493 e. The molecule has 1 N–H and O–H groups in total. The number of hydrogen-bond donors (Lipinski definition) is 1. The van der Waals surface area contributed by atoms with Crippen molar-refractivity contribution in [1.82, 2.24) is 14.9 Å². The summed E-state index contributed by atoms with van der Waals surface area (Å²) in [6, 6.07) is 20.0. The molecule has 0 atom stereocenters. The monoisotopic (exact) mass is 473 g/mol. The van der Waals surface area contributed by atoms with Crippen LogP contribution in [0.3, 0.4) is 0 Å². The van der Waals surface area contributed by atoms with E-state index in [0.29, 0.717) is 29.4 Å². The second-order valence-electron chi connectivity index (χ2n) is 8.37. The number of aromatic nitrogens is 2. The van der Waals surface area contributed by atoms with E-state index in [9.17, 15) is 4.79 Å². The summed E-state index contributed by atoms with van der Waals surface area (Å²) in [5.74, 6) is 2.16. The van der Waals surface area contributed by atoms with E-state index in [1.165, 1.54) is 32.5 Å². The second kappa shape index (κ2) is 11.0. The van der Waals surface area contributed by atoms with E-state index in [1.807, 2.05) is 18.2 Å². The molecule has 4 aromatic rings. The molecule has 0 unspecified atom stereocenters. The first-order valence-electron chi connectivity index (χ1n) is 11.6. The van der Waals surface area contributed by atoms with E-state index in [4.69, 9.17) is 19.2 Å². The summed E-state index contributed by atoms with van der Waals surface area (Å²) < 4.78 is 18.3. The Morgan fingerprint density at radius 1 is 0.943 bits per heavy atom. The van der Waals surface area contributed by atoms with Gasteiger partial charge < -0.3 is 24.1 Å². The van der Waals surface area contributed by atoms with E-state index >= 15 is 0 Å². The van der Waals surface area contributed by atoms with Gasteiger partial charge in [0.2, 0.25) is 5.75 Å². The zero-order chi connectivity index (χ0) is 24.8. The zero-order valence-corrected chi connectivity index (χ0v) is 20.6. The quantitative estimate of drug-likeness (QED) is 0.336. The Balaban J connectivity index is 1.45. The molecule has 0 radical (unpaired) electrons.